The lowest BCUT2D eigenvalue weighted by atomic mass is 9.61. The van der Waals surface area contributed by atoms with E-state index in [9.17, 15) is 18.0 Å². The third kappa shape index (κ3) is 2.45. The smallest absolute Gasteiger partial charge is 0.293 e. The molecular formula is C22H15F3O. The van der Waals surface area contributed by atoms with E-state index in [1.54, 1.807) is 78.9 Å². The maximum atomic E-state index is 13.7. The molecule has 130 valence electrons. The Morgan fingerprint density at radius 1 is 0.692 bits per heavy atom. The van der Waals surface area contributed by atoms with E-state index in [4.69, 9.17) is 0 Å². The van der Waals surface area contributed by atoms with Crippen molar-refractivity contribution in [1.82, 2.24) is 0 Å². The van der Waals surface area contributed by atoms with Gasteiger partial charge >= 0.3 is 6.18 Å². The lowest BCUT2D eigenvalue weighted by molar-refractivity contribution is -0.142. The van der Waals surface area contributed by atoms with E-state index in [1.165, 1.54) is 0 Å². The molecule has 0 saturated carbocycles. The molecule has 4 heteroatoms. The quantitative estimate of drug-likeness (QED) is 0.571. The number of hydrogen-bond acceptors (Lipinski definition) is 1. The van der Waals surface area contributed by atoms with Crippen LogP contribution in [0.3, 0.4) is 0 Å². The zero-order valence-electron chi connectivity index (χ0n) is 13.8. The summed E-state index contributed by atoms with van der Waals surface area (Å²) < 4.78 is 41.0. The molecule has 1 nitrogen and oxygen atoms in total. The molecule has 0 fully saturated rings. The van der Waals surface area contributed by atoms with Crippen molar-refractivity contribution < 1.29 is 18.0 Å². The largest absolute Gasteiger partial charge is 0.390 e. The van der Waals surface area contributed by atoms with Crippen molar-refractivity contribution >= 4 is 5.78 Å². The minimum atomic E-state index is -4.50. The summed E-state index contributed by atoms with van der Waals surface area (Å²) in [6, 6.07) is 22.1. The molecule has 0 N–H and O–H groups in total. The third-order valence-corrected chi connectivity index (χ3v) is 4.97. The van der Waals surface area contributed by atoms with Crippen molar-refractivity contribution in [1.29, 1.82) is 0 Å². The number of halogens is 3. The van der Waals surface area contributed by atoms with Crippen LogP contribution in [0.1, 0.15) is 27.9 Å². The number of carbonyl (C=O) groups is 1. The van der Waals surface area contributed by atoms with Crippen LogP contribution in [0, 0.1) is 0 Å². The molecule has 1 aliphatic carbocycles. The van der Waals surface area contributed by atoms with E-state index in [0.29, 0.717) is 27.8 Å². The minimum Gasteiger partial charge on any atom is -0.293 e. The van der Waals surface area contributed by atoms with Gasteiger partial charge in [0.2, 0.25) is 0 Å². The number of rotatable bonds is 2. The summed E-state index contributed by atoms with van der Waals surface area (Å²) in [5, 5.41) is 0. The molecule has 1 atom stereocenters. The second-order valence-corrected chi connectivity index (χ2v) is 6.48. The third-order valence-electron chi connectivity index (χ3n) is 4.97. The Hall–Kier alpha value is -2.88. The summed E-state index contributed by atoms with van der Waals surface area (Å²) in [7, 11) is 0. The summed E-state index contributed by atoms with van der Waals surface area (Å²) in [5.74, 6) is -0.504. The number of carbonyl (C=O) groups excluding carboxylic acids is 1. The monoisotopic (exact) mass is 352 g/mol. The molecule has 4 rings (SSSR count). The fourth-order valence-electron chi connectivity index (χ4n) is 3.95. The van der Waals surface area contributed by atoms with Gasteiger partial charge in [-0.1, -0.05) is 78.9 Å². The van der Waals surface area contributed by atoms with Gasteiger partial charge in [0.1, 0.15) is 0 Å². The molecule has 0 aromatic heterocycles. The molecule has 0 radical (unpaired) electrons. The normalized spacial score (nSPS) is 19.0. The number of Topliss-reactive ketones (excluding diaryl/α,β-unsaturated/α-hetero) is 1. The zero-order chi connectivity index (χ0) is 18.4. The average Bonchev–Trinajstić information content (AvgIpc) is 2.65. The van der Waals surface area contributed by atoms with Gasteiger partial charge in [-0.15, -0.1) is 0 Å². The number of benzene rings is 3. The number of alkyl halides is 3. The van der Waals surface area contributed by atoms with Crippen LogP contribution in [-0.2, 0) is 5.41 Å². The van der Waals surface area contributed by atoms with Crippen LogP contribution in [0.2, 0.25) is 0 Å². The second kappa shape index (κ2) is 5.84. The van der Waals surface area contributed by atoms with E-state index < -0.39 is 23.8 Å². The summed E-state index contributed by atoms with van der Waals surface area (Å²) in [6.45, 7) is 0. The van der Waals surface area contributed by atoms with Crippen LogP contribution in [0.25, 0.3) is 11.1 Å². The van der Waals surface area contributed by atoms with E-state index >= 15 is 0 Å². The molecule has 0 saturated heterocycles. The molecule has 26 heavy (non-hydrogen) atoms. The first-order valence-corrected chi connectivity index (χ1v) is 8.29. The lowest BCUT2D eigenvalue weighted by Crippen LogP contribution is -2.44. The van der Waals surface area contributed by atoms with E-state index in [2.05, 4.69) is 0 Å². The first-order chi connectivity index (χ1) is 12.4. The molecule has 1 unspecified atom stereocenters. The predicted octanol–water partition coefficient (Wildman–Crippen LogP) is 5.79. The standard InChI is InChI=1S/C22H15F3O/c23-22(24,25)14-21(15-8-2-1-3-9-15)19-13-7-6-11-17(19)16-10-4-5-12-18(16)20(21)26/h1-13H,14H2. The molecule has 3 aromatic rings. The summed E-state index contributed by atoms with van der Waals surface area (Å²) >= 11 is 0. The Balaban J connectivity index is 2.10. The maximum Gasteiger partial charge on any atom is 0.390 e. The van der Waals surface area contributed by atoms with Crippen LogP contribution < -0.4 is 0 Å². The van der Waals surface area contributed by atoms with Gasteiger partial charge in [0.05, 0.1) is 11.8 Å². The Morgan fingerprint density at radius 2 is 1.23 bits per heavy atom. The van der Waals surface area contributed by atoms with Crippen molar-refractivity contribution in [2.45, 2.75) is 18.0 Å². The first-order valence-electron chi connectivity index (χ1n) is 8.29. The van der Waals surface area contributed by atoms with Crippen LogP contribution >= 0.6 is 0 Å². The van der Waals surface area contributed by atoms with Crippen LogP contribution in [0.4, 0.5) is 13.2 Å². The number of ketones is 1. The highest BCUT2D eigenvalue weighted by molar-refractivity contribution is 6.14. The van der Waals surface area contributed by atoms with Gasteiger partial charge in [-0.05, 0) is 22.3 Å². The van der Waals surface area contributed by atoms with Crippen molar-refractivity contribution in [2.24, 2.45) is 0 Å². The van der Waals surface area contributed by atoms with Gasteiger partial charge in [0.25, 0.3) is 0 Å². The van der Waals surface area contributed by atoms with Crippen LogP contribution in [-0.4, -0.2) is 12.0 Å². The van der Waals surface area contributed by atoms with Crippen molar-refractivity contribution in [2.75, 3.05) is 0 Å². The predicted molar refractivity (Wildman–Crippen MR) is 94.1 cm³/mol. The Kier molecular flexibility index (Phi) is 3.72. The van der Waals surface area contributed by atoms with E-state index in [1.807, 2.05) is 0 Å². The highest BCUT2D eigenvalue weighted by Gasteiger charge is 2.53. The molecular weight excluding hydrogens is 337 g/mol. The van der Waals surface area contributed by atoms with Crippen LogP contribution in [0.15, 0.2) is 78.9 Å². The SMILES string of the molecule is O=C1c2ccccc2-c2ccccc2C1(CC(F)(F)F)c1ccccc1. The molecule has 0 aliphatic heterocycles. The molecule has 3 aromatic carbocycles. The minimum absolute atomic E-state index is 0.333. The second-order valence-electron chi connectivity index (χ2n) is 6.48. The molecule has 0 amide bonds. The van der Waals surface area contributed by atoms with E-state index in [-0.39, 0.29) is 0 Å². The van der Waals surface area contributed by atoms with Crippen molar-refractivity contribution in [3.8, 4) is 11.1 Å². The Morgan fingerprint density at radius 3 is 1.88 bits per heavy atom. The number of fused-ring (bicyclic) bond motifs is 3. The fraction of sp³-hybridized carbons (Fsp3) is 0.136. The van der Waals surface area contributed by atoms with Gasteiger partial charge < -0.3 is 0 Å². The van der Waals surface area contributed by atoms with Crippen molar-refractivity contribution in [3.63, 3.8) is 0 Å². The molecule has 1 aliphatic rings. The van der Waals surface area contributed by atoms with Gasteiger partial charge in [-0.25, -0.2) is 0 Å². The fourth-order valence-corrected chi connectivity index (χ4v) is 3.95. The van der Waals surface area contributed by atoms with Gasteiger partial charge in [0.15, 0.2) is 5.78 Å². The van der Waals surface area contributed by atoms with Gasteiger partial charge in [-0.3, -0.25) is 4.79 Å². The molecule has 0 heterocycles. The average molecular weight is 352 g/mol. The highest BCUT2D eigenvalue weighted by Crippen LogP contribution is 2.51. The van der Waals surface area contributed by atoms with E-state index in [0.717, 1.165) is 0 Å². The van der Waals surface area contributed by atoms with Crippen LogP contribution in [0.5, 0.6) is 0 Å². The maximum absolute atomic E-state index is 13.7. The summed E-state index contributed by atoms with van der Waals surface area (Å²) in [6.07, 6.45) is -5.72. The van der Waals surface area contributed by atoms with Gasteiger partial charge in [0, 0.05) is 5.56 Å². The molecule has 0 bridgehead atoms. The summed E-state index contributed by atoms with van der Waals surface area (Å²) in [4.78, 5) is 13.5. The zero-order valence-corrected chi connectivity index (χ0v) is 13.8. The molecule has 0 spiro atoms. The topological polar surface area (TPSA) is 17.1 Å². The van der Waals surface area contributed by atoms with Crippen molar-refractivity contribution in [3.05, 3.63) is 95.6 Å². The first kappa shape index (κ1) is 16.6. The van der Waals surface area contributed by atoms with Gasteiger partial charge in [-0.2, -0.15) is 13.2 Å². The lowest BCUT2D eigenvalue weighted by Gasteiger charge is -2.39. The Bertz CT molecular complexity index is 976. The summed E-state index contributed by atoms with van der Waals surface area (Å²) in [5.41, 5.74) is 0.693. The highest BCUT2D eigenvalue weighted by atomic mass is 19.4. The number of hydrogen-bond donors (Lipinski definition) is 0. The Labute approximate surface area is 149 Å².